The predicted molar refractivity (Wildman–Crippen MR) is 113 cm³/mol. The van der Waals surface area contributed by atoms with Gasteiger partial charge in [-0.05, 0) is 23.5 Å². The summed E-state index contributed by atoms with van der Waals surface area (Å²) < 4.78 is 5.82. The fraction of sp³-hybridized carbons (Fsp3) is 0.600. The topological polar surface area (TPSA) is 166 Å². The minimum atomic E-state index is -1.52. The molecule has 3 unspecified atom stereocenters. The van der Waals surface area contributed by atoms with Gasteiger partial charge in [-0.15, -0.1) is 0 Å². The average molecular weight is 435 g/mol. The number of benzene rings is 1. The lowest BCUT2D eigenvalue weighted by atomic mass is 9.80. The number of hydrogen-bond acceptors (Lipinski definition) is 8. The van der Waals surface area contributed by atoms with Gasteiger partial charge >= 0.3 is 13.1 Å². The van der Waals surface area contributed by atoms with Crippen molar-refractivity contribution in [2.75, 3.05) is 32.7 Å². The highest BCUT2D eigenvalue weighted by molar-refractivity contribution is 6.45. The van der Waals surface area contributed by atoms with E-state index in [2.05, 4.69) is 5.32 Å². The van der Waals surface area contributed by atoms with E-state index in [-0.39, 0.29) is 41.1 Å². The number of aromatic carboxylic acids is 1. The van der Waals surface area contributed by atoms with Crippen LogP contribution in [0.25, 0.3) is 0 Å². The van der Waals surface area contributed by atoms with Crippen molar-refractivity contribution < 1.29 is 34.6 Å². The van der Waals surface area contributed by atoms with E-state index >= 15 is 0 Å². The van der Waals surface area contributed by atoms with Gasteiger partial charge in [0.25, 0.3) is 0 Å². The number of carboxylic acids is 1. The number of phenols is 1. The summed E-state index contributed by atoms with van der Waals surface area (Å²) in [6.45, 7) is 6.09. The molecule has 3 rings (SSSR count). The number of nitrogens with zero attached hydrogens (tertiary/aromatic N) is 1. The summed E-state index contributed by atoms with van der Waals surface area (Å²) in [5, 5.41) is 41.8. The molecule has 170 valence electrons. The number of hydrogen-bond donors (Lipinski definition) is 6. The molecule has 0 bridgehead atoms. The van der Waals surface area contributed by atoms with Gasteiger partial charge in [-0.25, -0.2) is 4.79 Å². The Morgan fingerprint density at radius 2 is 2.03 bits per heavy atom. The van der Waals surface area contributed by atoms with Crippen molar-refractivity contribution in [3.05, 3.63) is 23.3 Å². The van der Waals surface area contributed by atoms with Gasteiger partial charge in [0.15, 0.2) is 0 Å². The second kappa shape index (κ2) is 9.43. The van der Waals surface area contributed by atoms with Crippen LogP contribution in [0.2, 0.25) is 5.82 Å². The summed E-state index contributed by atoms with van der Waals surface area (Å²) in [5.74, 6) is -2.76. The van der Waals surface area contributed by atoms with Crippen molar-refractivity contribution in [3.63, 3.8) is 0 Å². The van der Waals surface area contributed by atoms with Crippen LogP contribution >= 0.6 is 0 Å². The largest absolute Gasteiger partial charge is 0.507 e. The van der Waals surface area contributed by atoms with E-state index in [9.17, 15) is 29.9 Å². The summed E-state index contributed by atoms with van der Waals surface area (Å²) in [6.07, 6.45) is -0.255. The third kappa shape index (κ3) is 4.95. The number of nitrogens with two attached hydrogens (primary N) is 1. The van der Waals surface area contributed by atoms with Crippen LogP contribution in [0.3, 0.4) is 0 Å². The zero-order valence-corrected chi connectivity index (χ0v) is 17.7. The van der Waals surface area contributed by atoms with E-state index in [1.807, 2.05) is 18.7 Å². The predicted octanol–water partition coefficient (Wildman–Crippen LogP) is -0.559. The molecule has 0 aromatic heterocycles. The first-order chi connectivity index (χ1) is 14.6. The molecule has 7 N–H and O–H groups in total. The normalized spacial score (nSPS) is 24.2. The Morgan fingerprint density at radius 3 is 2.58 bits per heavy atom. The number of carbonyl (C=O) groups excluding carboxylic acids is 1. The van der Waals surface area contributed by atoms with Crippen LogP contribution in [-0.2, 0) is 4.79 Å². The Kier molecular flexibility index (Phi) is 7.10. The molecule has 1 aliphatic carbocycles. The van der Waals surface area contributed by atoms with Crippen LogP contribution in [0.1, 0.15) is 35.7 Å². The molecule has 31 heavy (non-hydrogen) atoms. The number of rotatable bonds is 10. The Balaban J connectivity index is 1.61. The molecule has 1 aliphatic heterocycles. The first-order valence-electron chi connectivity index (χ1n) is 10.5. The second-order valence-corrected chi connectivity index (χ2v) is 8.50. The van der Waals surface area contributed by atoms with Gasteiger partial charge in [0, 0.05) is 44.5 Å². The van der Waals surface area contributed by atoms with Crippen molar-refractivity contribution >= 4 is 19.0 Å². The minimum absolute atomic E-state index is 0.0656. The van der Waals surface area contributed by atoms with Gasteiger partial charge in [-0.2, -0.15) is 0 Å². The van der Waals surface area contributed by atoms with Gasteiger partial charge in [0.2, 0.25) is 5.91 Å². The van der Waals surface area contributed by atoms with E-state index < -0.39 is 24.7 Å². The van der Waals surface area contributed by atoms with E-state index in [1.165, 1.54) is 6.07 Å². The highest BCUT2D eigenvalue weighted by atomic mass is 16.5. The van der Waals surface area contributed by atoms with Crippen LogP contribution in [0.4, 0.5) is 0 Å². The Hall–Kier alpha value is -2.34. The second-order valence-electron chi connectivity index (χ2n) is 8.50. The van der Waals surface area contributed by atoms with E-state index in [0.29, 0.717) is 38.3 Å². The van der Waals surface area contributed by atoms with Gasteiger partial charge in [0.05, 0.1) is 0 Å². The van der Waals surface area contributed by atoms with Crippen molar-refractivity contribution in [3.8, 4) is 11.5 Å². The third-order valence-corrected chi connectivity index (χ3v) is 6.18. The van der Waals surface area contributed by atoms with Gasteiger partial charge < -0.3 is 36.0 Å². The lowest BCUT2D eigenvalue weighted by molar-refractivity contribution is -0.125. The zero-order chi connectivity index (χ0) is 22.9. The highest BCUT2D eigenvalue weighted by Gasteiger charge is 2.55. The molecule has 0 radical (unpaired) electrons. The Bertz CT molecular complexity index is 831. The van der Waals surface area contributed by atoms with Crippen LogP contribution in [0, 0.1) is 11.8 Å². The van der Waals surface area contributed by atoms with Crippen LogP contribution in [0.15, 0.2) is 12.1 Å². The fourth-order valence-electron chi connectivity index (χ4n) is 4.37. The quantitative estimate of drug-likeness (QED) is 0.264. The maximum atomic E-state index is 11.9. The van der Waals surface area contributed by atoms with Gasteiger partial charge in [-0.3, -0.25) is 9.69 Å². The molecule has 1 heterocycles. The van der Waals surface area contributed by atoms with Crippen molar-refractivity contribution in [2.45, 2.75) is 31.7 Å². The minimum Gasteiger partial charge on any atom is -0.507 e. The molecular weight excluding hydrogens is 405 g/mol. The maximum Gasteiger partial charge on any atom is 0.455 e. The summed E-state index contributed by atoms with van der Waals surface area (Å²) in [5.41, 5.74) is 5.44. The highest BCUT2D eigenvalue weighted by Crippen LogP contribution is 2.61. The molecule has 2 aliphatic rings. The molecular formula is C20H30BN3O7. The van der Waals surface area contributed by atoms with Gasteiger partial charge in [-0.1, -0.05) is 19.9 Å². The molecule has 1 aromatic rings. The lowest BCUT2D eigenvalue weighted by Gasteiger charge is -2.40. The SMILES string of the molecule is CC1C(B(O)O)C1c1ccc(OC2CN(C[C@H](C)C(=O)NCCN)C2)c(C(=O)O)c1O. The summed E-state index contributed by atoms with van der Waals surface area (Å²) >= 11 is 0. The summed E-state index contributed by atoms with van der Waals surface area (Å²) in [4.78, 5) is 25.8. The van der Waals surface area contributed by atoms with Crippen molar-refractivity contribution in [1.82, 2.24) is 10.2 Å². The molecule has 1 saturated carbocycles. The molecule has 1 amide bonds. The number of carboxylic acid groups (broad SMARTS) is 1. The number of likely N-dealkylation sites (tertiary alicyclic amines) is 1. The monoisotopic (exact) mass is 435 g/mol. The molecule has 10 nitrogen and oxygen atoms in total. The summed E-state index contributed by atoms with van der Waals surface area (Å²) in [7, 11) is -1.52. The van der Waals surface area contributed by atoms with E-state index in [1.54, 1.807) is 6.07 Å². The van der Waals surface area contributed by atoms with Crippen LogP contribution in [0.5, 0.6) is 11.5 Å². The standard InChI is InChI=1S/C20H30BN3O7/c1-10(19(26)23-6-5-22)7-24-8-12(9-24)31-14-4-3-13(18(25)16(14)20(27)28)15-11(2)17(15)21(29)30/h3-4,10-12,15,17,25,29-30H,5-9,22H2,1-2H3,(H,23,26)(H,27,28)/t10-,11?,15?,17?/m0/s1. The first kappa shape index (κ1) is 23.3. The number of ether oxygens (including phenoxy) is 1. The van der Waals surface area contributed by atoms with Crippen molar-refractivity contribution in [2.24, 2.45) is 17.6 Å². The fourth-order valence-corrected chi connectivity index (χ4v) is 4.37. The smallest absolute Gasteiger partial charge is 0.455 e. The number of amides is 1. The zero-order valence-electron chi connectivity index (χ0n) is 17.7. The molecule has 0 spiro atoms. The van der Waals surface area contributed by atoms with E-state index in [4.69, 9.17) is 10.5 Å². The van der Waals surface area contributed by atoms with E-state index in [0.717, 1.165) is 0 Å². The molecule has 4 atom stereocenters. The van der Waals surface area contributed by atoms with Crippen molar-refractivity contribution in [1.29, 1.82) is 0 Å². The molecule has 1 aromatic carbocycles. The Labute approximate surface area is 181 Å². The first-order valence-corrected chi connectivity index (χ1v) is 10.5. The molecule has 2 fully saturated rings. The van der Waals surface area contributed by atoms with Crippen LogP contribution < -0.4 is 15.8 Å². The molecule has 1 saturated heterocycles. The maximum absolute atomic E-state index is 11.9. The Morgan fingerprint density at radius 1 is 1.35 bits per heavy atom. The average Bonchev–Trinajstić information content (AvgIpc) is 3.34. The third-order valence-electron chi connectivity index (χ3n) is 6.18. The molecule has 11 heteroatoms. The van der Waals surface area contributed by atoms with Crippen LogP contribution in [-0.4, -0.2) is 83.0 Å². The number of carbonyl (C=O) groups is 2. The number of nitrogens with one attached hydrogen (secondary N) is 1. The lowest BCUT2D eigenvalue weighted by Crippen LogP contribution is -2.56. The number of aromatic hydroxyl groups is 1. The van der Waals surface area contributed by atoms with Gasteiger partial charge in [0.1, 0.15) is 23.2 Å². The summed E-state index contributed by atoms with van der Waals surface area (Å²) in [6, 6.07) is 3.09.